The minimum Gasteiger partial charge on any atom is -0.345 e. The van der Waals surface area contributed by atoms with Gasteiger partial charge in [0.2, 0.25) is 11.8 Å². The van der Waals surface area contributed by atoms with E-state index in [2.05, 4.69) is 12.2 Å². The summed E-state index contributed by atoms with van der Waals surface area (Å²) in [5, 5.41) is 3.12. The lowest BCUT2D eigenvalue weighted by atomic mass is 10.1. The summed E-state index contributed by atoms with van der Waals surface area (Å²) in [5.74, 6) is -1.04. The summed E-state index contributed by atoms with van der Waals surface area (Å²) in [5.41, 5.74) is 2.82. The van der Waals surface area contributed by atoms with Crippen LogP contribution in [0.25, 0.3) is 0 Å². The first-order chi connectivity index (χ1) is 14.3. The van der Waals surface area contributed by atoms with Crippen LogP contribution in [-0.4, -0.2) is 43.3 Å². The SMILES string of the molecule is CCCc1ccc(N2CC(C(=O)Nc3cc(C(=O)N(C)C)ccc3Cl)CC2=O)cc1. The van der Waals surface area contributed by atoms with Crippen LogP contribution in [0.5, 0.6) is 0 Å². The summed E-state index contributed by atoms with van der Waals surface area (Å²) in [6, 6.07) is 12.6. The third-order valence-electron chi connectivity index (χ3n) is 5.16. The van der Waals surface area contributed by atoms with Crippen LogP contribution in [0.4, 0.5) is 11.4 Å². The highest BCUT2D eigenvalue weighted by atomic mass is 35.5. The van der Waals surface area contributed by atoms with Crippen molar-refractivity contribution >= 4 is 40.7 Å². The van der Waals surface area contributed by atoms with Gasteiger partial charge in [-0.3, -0.25) is 14.4 Å². The average Bonchev–Trinajstić information content (AvgIpc) is 3.11. The predicted molar refractivity (Wildman–Crippen MR) is 119 cm³/mol. The van der Waals surface area contributed by atoms with Gasteiger partial charge in [-0.15, -0.1) is 0 Å². The van der Waals surface area contributed by atoms with Gasteiger partial charge in [0.15, 0.2) is 0 Å². The highest BCUT2D eigenvalue weighted by molar-refractivity contribution is 6.34. The van der Waals surface area contributed by atoms with Gasteiger partial charge in [0.25, 0.3) is 5.91 Å². The zero-order valence-electron chi connectivity index (χ0n) is 17.4. The van der Waals surface area contributed by atoms with Gasteiger partial charge in [-0.25, -0.2) is 0 Å². The first kappa shape index (κ1) is 21.8. The highest BCUT2D eigenvalue weighted by Crippen LogP contribution is 2.29. The minimum absolute atomic E-state index is 0.0824. The van der Waals surface area contributed by atoms with Crippen molar-refractivity contribution in [3.05, 3.63) is 58.6 Å². The zero-order valence-corrected chi connectivity index (χ0v) is 18.2. The molecule has 0 bridgehead atoms. The molecule has 0 saturated carbocycles. The molecule has 1 unspecified atom stereocenters. The summed E-state index contributed by atoms with van der Waals surface area (Å²) >= 11 is 6.21. The van der Waals surface area contributed by atoms with E-state index in [0.29, 0.717) is 22.8 Å². The number of rotatable bonds is 6. The number of hydrogen-bond donors (Lipinski definition) is 1. The molecule has 1 heterocycles. The molecule has 2 aromatic carbocycles. The van der Waals surface area contributed by atoms with Crippen molar-refractivity contribution in [2.45, 2.75) is 26.2 Å². The minimum atomic E-state index is -0.489. The van der Waals surface area contributed by atoms with Gasteiger partial charge in [0.1, 0.15) is 0 Å². The number of carbonyl (C=O) groups is 3. The third-order valence-corrected chi connectivity index (χ3v) is 5.49. The van der Waals surface area contributed by atoms with Gasteiger partial charge in [0.05, 0.1) is 16.6 Å². The van der Waals surface area contributed by atoms with Crippen molar-refractivity contribution in [3.8, 4) is 0 Å². The Kier molecular flexibility index (Phi) is 6.77. The normalized spacial score (nSPS) is 15.9. The molecule has 0 aromatic heterocycles. The summed E-state index contributed by atoms with van der Waals surface area (Å²) in [6.45, 7) is 2.44. The largest absolute Gasteiger partial charge is 0.345 e. The van der Waals surface area contributed by atoms with E-state index in [1.54, 1.807) is 37.2 Å². The van der Waals surface area contributed by atoms with Crippen LogP contribution in [0.15, 0.2) is 42.5 Å². The van der Waals surface area contributed by atoms with Crippen molar-refractivity contribution < 1.29 is 14.4 Å². The quantitative estimate of drug-likeness (QED) is 0.757. The number of aryl methyl sites for hydroxylation is 1. The Labute approximate surface area is 181 Å². The van der Waals surface area contributed by atoms with Crippen molar-refractivity contribution in [2.75, 3.05) is 30.9 Å². The van der Waals surface area contributed by atoms with Gasteiger partial charge in [-0.2, -0.15) is 0 Å². The maximum atomic E-state index is 12.8. The van der Waals surface area contributed by atoms with Crippen molar-refractivity contribution in [1.29, 1.82) is 0 Å². The molecule has 0 aliphatic carbocycles. The fourth-order valence-corrected chi connectivity index (χ4v) is 3.68. The van der Waals surface area contributed by atoms with E-state index in [1.807, 2.05) is 24.3 Å². The summed E-state index contributed by atoms with van der Waals surface area (Å²) in [6.07, 6.45) is 2.19. The number of hydrogen-bond acceptors (Lipinski definition) is 3. The number of amides is 3. The van der Waals surface area contributed by atoms with E-state index < -0.39 is 5.92 Å². The summed E-state index contributed by atoms with van der Waals surface area (Å²) < 4.78 is 0. The van der Waals surface area contributed by atoms with Crippen LogP contribution in [0.1, 0.15) is 35.7 Å². The van der Waals surface area contributed by atoms with Gasteiger partial charge >= 0.3 is 0 Å². The number of halogens is 1. The van der Waals surface area contributed by atoms with Crippen LogP contribution in [0.3, 0.4) is 0 Å². The molecule has 1 atom stereocenters. The maximum Gasteiger partial charge on any atom is 0.253 e. The second-order valence-electron chi connectivity index (χ2n) is 7.71. The first-order valence-electron chi connectivity index (χ1n) is 10.0. The Morgan fingerprint density at radius 3 is 2.50 bits per heavy atom. The second kappa shape index (κ2) is 9.30. The van der Waals surface area contributed by atoms with E-state index >= 15 is 0 Å². The average molecular weight is 428 g/mol. The zero-order chi connectivity index (χ0) is 21.8. The maximum absolute atomic E-state index is 12.8. The molecule has 0 spiro atoms. The van der Waals surface area contributed by atoms with E-state index in [9.17, 15) is 14.4 Å². The fraction of sp³-hybridized carbons (Fsp3) is 0.348. The fourth-order valence-electron chi connectivity index (χ4n) is 3.51. The number of benzene rings is 2. The standard InChI is InChI=1S/C23H26ClN3O3/c1-4-5-15-6-9-18(10-7-15)27-14-17(13-21(27)28)22(29)25-20-12-16(8-11-19(20)24)23(30)26(2)3/h6-12,17H,4-5,13-14H2,1-3H3,(H,25,29). The van der Waals surface area contributed by atoms with Crippen LogP contribution in [0.2, 0.25) is 5.02 Å². The molecule has 1 N–H and O–H groups in total. The lowest BCUT2D eigenvalue weighted by Crippen LogP contribution is -2.28. The van der Waals surface area contributed by atoms with Gasteiger partial charge in [-0.1, -0.05) is 37.1 Å². The predicted octanol–water partition coefficient (Wildman–Crippen LogP) is 3.99. The lowest BCUT2D eigenvalue weighted by Gasteiger charge is -2.17. The van der Waals surface area contributed by atoms with E-state index in [1.165, 1.54) is 10.5 Å². The molecule has 2 aromatic rings. The van der Waals surface area contributed by atoms with Crippen molar-refractivity contribution in [2.24, 2.45) is 5.92 Å². The van der Waals surface area contributed by atoms with Gasteiger partial charge in [-0.05, 0) is 42.3 Å². The summed E-state index contributed by atoms with van der Waals surface area (Å²) in [4.78, 5) is 40.6. The first-order valence-corrected chi connectivity index (χ1v) is 10.4. The molecule has 6 nitrogen and oxygen atoms in total. The Morgan fingerprint density at radius 2 is 1.87 bits per heavy atom. The smallest absolute Gasteiger partial charge is 0.253 e. The Hall–Kier alpha value is -2.86. The van der Waals surface area contributed by atoms with Crippen molar-refractivity contribution in [3.63, 3.8) is 0 Å². The summed E-state index contributed by atoms with van der Waals surface area (Å²) in [7, 11) is 3.31. The molecule has 1 aliphatic heterocycles. The molecular weight excluding hydrogens is 402 g/mol. The third kappa shape index (κ3) is 4.82. The van der Waals surface area contributed by atoms with Crippen LogP contribution in [-0.2, 0) is 16.0 Å². The Morgan fingerprint density at radius 1 is 1.17 bits per heavy atom. The van der Waals surface area contributed by atoms with Crippen LogP contribution < -0.4 is 10.2 Å². The topological polar surface area (TPSA) is 69.7 Å². The number of anilines is 2. The molecule has 1 aliphatic rings. The van der Waals surface area contributed by atoms with E-state index in [0.717, 1.165) is 18.5 Å². The lowest BCUT2D eigenvalue weighted by molar-refractivity contribution is -0.122. The van der Waals surface area contributed by atoms with E-state index in [-0.39, 0.29) is 24.1 Å². The molecule has 158 valence electrons. The molecule has 1 saturated heterocycles. The molecule has 1 fully saturated rings. The molecule has 3 amide bonds. The Bertz CT molecular complexity index is 957. The van der Waals surface area contributed by atoms with Gasteiger partial charge < -0.3 is 15.1 Å². The number of nitrogens with zero attached hydrogens (tertiary/aromatic N) is 2. The highest BCUT2D eigenvalue weighted by Gasteiger charge is 2.35. The molecular formula is C23H26ClN3O3. The molecule has 30 heavy (non-hydrogen) atoms. The van der Waals surface area contributed by atoms with Crippen LogP contribution in [0, 0.1) is 5.92 Å². The van der Waals surface area contributed by atoms with Crippen LogP contribution >= 0.6 is 11.6 Å². The molecule has 0 radical (unpaired) electrons. The monoisotopic (exact) mass is 427 g/mol. The van der Waals surface area contributed by atoms with E-state index in [4.69, 9.17) is 11.6 Å². The van der Waals surface area contributed by atoms with Gasteiger partial charge in [0, 0.05) is 38.3 Å². The number of carbonyl (C=O) groups excluding carboxylic acids is 3. The molecule has 3 rings (SSSR count). The van der Waals surface area contributed by atoms with Crippen molar-refractivity contribution in [1.82, 2.24) is 4.90 Å². The number of nitrogens with one attached hydrogen (secondary N) is 1. The Balaban J connectivity index is 1.70. The molecule has 7 heteroatoms. The second-order valence-corrected chi connectivity index (χ2v) is 8.11.